The van der Waals surface area contributed by atoms with Crippen LogP contribution in [-0.4, -0.2) is 6.54 Å². The van der Waals surface area contributed by atoms with Crippen LogP contribution >= 0.6 is 11.6 Å². The fraction of sp³-hybridized carbons (Fsp3) is 0.538. The lowest BCUT2D eigenvalue weighted by Gasteiger charge is -2.16. The lowest BCUT2D eigenvalue weighted by molar-refractivity contribution is 0.494. The molecule has 1 aromatic heterocycles. The number of halogens is 1. The van der Waals surface area contributed by atoms with Gasteiger partial charge in [-0.2, -0.15) is 0 Å². The first-order valence-corrected chi connectivity index (χ1v) is 6.03. The molecule has 3 heteroatoms. The molecule has 2 nitrogen and oxygen atoms in total. The predicted octanol–water partition coefficient (Wildman–Crippen LogP) is 3.78. The molecule has 1 unspecified atom stereocenters. The van der Waals surface area contributed by atoms with Gasteiger partial charge in [-0.05, 0) is 44.0 Å². The van der Waals surface area contributed by atoms with Crippen molar-refractivity contribution in [2.75, 3.05) is 6.54 Å². The predicted molar refractivity (Wildman–Crippen MR) is 67.4 cm³/mol. The molecule has 1 aromatic rings. The third-order valence-electron chi connectivity index (χ3n) is 2.40. The van der Waals surface area contributed by atoms with E-state index in [1.165, 1.54) is 0 Å². The molecule has 0 fully saturated rings. The molecule has 0 amide bonds. The van der Waals surface area contributed by atoms with Crippen molar-refractivity contribution in [3.05, 3.63) is 23.1 Å². The fourth-order valence-electron chi connectivity index (χ4n) is 1.58. The molecule has 16 heavy (non-hydrogen) atoms. The maximum absolute atomic E-state index is 5.98. The smallest absolute Gasteiger partial charge is 0.197 e. The van der Waals surface area contributed by atoms with Gasteiger partial charge in [0.25, 0.3) is 0 Å². The molecule has 0 aromatic carbocycles. The Bertz CT molecular complexity index is 361. The van der Waals surface area contributed by atoms with E-state index in [0.717, 1.165) is 31.4 Å². The van der Waals surface area contributed by atoms with Crippen LogP contribution in [0.15, 0.2) is 16.7 Å². The zero-order valence-corrected chi connectivity index (χ0v) is 10.6. The molecule has 1 heterocycles. The van der Waals surface area contributed by atoms with E-state index in [4.69, 9.17) is 16.0 Å². The highest BCUT2D eigenvalue weighted by Gasteiger charge is 2.15. The van der Waals surface area contributed by atoms with E-state index >= 15 is 0 Å². The minimum atomic E-state index is 0.243. The lowest BCUT2D eigenvalue weighted by Crippen LogP contribution is -2.21. The van der Waals surface area contributed by atoms with Gasteiger partial charge in [0.2, 0.25) is 0 Å². The summed E-state index contributed by atoms with van der Waals surface area (Å²) in [5.41, 5.74) is 1.04. The third kappa shape index (κ3) is 3.92. The van der Waals surface area contributed by atoms with Crippen LogP contribution in [0.25, 0.3) is 0 Å². The molecule has 0 aliphatic rings. The molecule has 1 N–H and O–H groups in total. The summed E-state index contributed by atoms with van der Waals surface area (Å²) in [5, 5.41) is 3.94. The van der Waals surface area contributed by atoms with Gasteiger partial charge in [-0.3, -0.25) is 0 Å². The molecule has 88 valence electrons. The highest BCUT2D eigenvalue weighted by molar-refractivity contribution is 6.29. The molecule has 0 saturated carbocycles. The molecule has 0 radical (unpaired) electrons. The zero-order valence-electron chi connectivity index (χ0n) is 9.85. The lowest BCUT2D eigenvalue weighted by atomic mass is 10.1. The zero-order chi connectivity index (χ0) is 11.8. The van der Waals surface area contributed by atoms with E-state index in [1.807, 2.05) is 13.0 Å². The highest BCUT2D eigenvalue weighted by Crippen LogP contribution is 2.27. The number of furan rings is 1. The molecule has 0 spiro atoms. The molecular weight excluding hydrogens is 222 g/mol. The normalized spacial score (nSPS) is 11.9. The van der Waals surface area contributed by atoms with Crippen molar-refractivity contribution in [1.82, 2.24) is 5.32 Å². The van der Waals surface area contributed by atoms with Crippen LogP contribution in [0, 0.1) is 11.8 Å². The van der Waals surface area contributed by atoms with Crippen molar-refractivity contribution in [2.45, 2.75) is 39.2 Å². The van der Waals surface area contributed by atoms with E-state index in [1.54, 1.807) is 6.26 Å². The quantitative estimate of drug-likeness (QED) is 0.765. The maximum atomic E-state index is 5.98. The van der Waals surface area contributed by atoms with Gasteiger partial charge in [-0.1, -0.05) is 6.92 Å². The molecule has 0 bridgehead atoms. The maximum Gasteiger partial charge on any atom is 0.197 e. The van der Waals surface area contributed by atoms with E-state index < -0.39 is 0 Å². The second-order valence-corrected chi connectivity index (χ2v) is 3.97. The first kappa shape index (κ1) is 13.2. The summed E-state index contributed by atoms with van der Waals surface area (Å²) < 4.78 is 5.12. The van der Waals surface area contributed by atoms with Gasteiger partial charge in [0, 0.05) is 18.0 Å². The van der Waals surface area contributed by atoms with E-state index in [2.05, 4.69) is 24.1 Å². The molecule has 0 aliphatic carbocycles. The van der Waals surface area contributed by atoms with Crippen molar-refractivity contribution in [3.63, 3.8) is 0 Å². The summed E-state index contributed by atoms with van der Waals surface area (Å²) >= 11 is 5.98. The van der Waals surface area contributed by atoms with Crippen LogP contribution in [0.2, 0.25) is 5.22 Å². The molecule has 0 saturated heterocycles. The summed E-state index contributed by atoms with van der Waals surface area (Å²) in [7, 11) is 0. The Kier molecular flexibility index (Phi) is 6.07. The Hall–Kier alpha value is -0.910. The second-order valence-electron chi connectivity index (χ2n) is 3.62. The number of nitrogens with one attached hydrogen (secondary N) is 1. The monoisotopic (exact) mass is 239 g/mol. The largest absolute Gasteiger partial charge is 0.453 e. The van der Waals surface area contributed by atoms with Crippen molar-refractivity contribution in [3.8, 4) is 11.8 Å². The average Bonchev–Trinajstić information content (AvgIpc) is 2.70. The first-order valence-electron chi connectivity index (χ1n) is 5.65. The highest BCUT2D eigenvalue weighted by atomic mass is 35.5. The van der Waals surface area contributed by atoms with Gasteiger partial charge in [-0.15, -0.1) is 11.8 Å². The fourth-order valence-corrected chi connectivity index (χ4v) is 1.83. The first-order chi connectivity index (χ1) is 7.79. The van der Waals surface area contributed by atoms with Crippen LogP contribution in [0.4, 0.5) is 0 Å². The SMILES string of the molecule is CC#CCCC(NCCC)c1ccoc1Cl. The van der Waals surface area contributed by atoms with Crippen LogP contribution in [0.3, 0.4) is 0 Å². The van der Waals surface area contributed by atoms with Gasteiger partial charge < -0.3 is 9.73 Å². The Morgan fingerprint density at radius 1 is 1.56 bits per heavy atom. The van der Waals surface area contributed by atoms with Gasteiger partial charge >= 0.3 is 0 Å². The summed E-state index contributed by atoms with van der Waals surface area (Å²) in [6.07, 6.45) is 4.56. The topological polar surface area (TPSA) is 25.2 Å². The Morgan fingerprint density at radius 2 is 2.38 bits per heavy atom. The second kappa shape index (κ2) is 7.38. The number of rotatable bonds is 6. The molecular formula is C13H18ClNO. The molecule has 1 rings (SSSR count). The number of hydrogen-bond donors (Lipinski definition) is 1. The van der Waals surface area contributed by atoms with Crippen LogP contribution < -0.4 is 5.32 Å². The minimum absolute atomic E-state index is 0.243. The average molecular weight is 240 g/mol. The van der Waals surface area contributed by atoms with Gasteiger partial charge in [0.15, 0.2) is 5.22 Å². The van der Waals surface area contributed by atoms with E-state index in [9.17, 15) is 0 Å². The van der Waals surface area contributed by atoms with Crippen molar-refractivity contribution in [1.29, 1.82) is 0 Å². The Morgan fingerprint density at radius 3 is 2.94 bits per heavy atom. The summed E-state index contributed by atoms with van der Waals surface area (Å²) in [4.78, 5) is 0. The Balaban J connectivity index is 2.62. The van der Waals surface area contributed by atoms with Crippen molar-refractivity contribution in [2.24, 2.45) is 0 Å². The Labute approximate surface area is 102 Å². The number of hydrogen-bond acceptors (Lipinski definition) is 2. The van der Waals surface area contributed by atoms with Crippen LogP contribution in [-0.2, 0) is 0 Å². The van der Waals surface area contributed by atoms with E-state index in [0.29, 0.717) is 5.22 Å². The van der Waals surface area contributed by atoms with Gasteiger partial charge in [0.05, 0.1) is 6.26 Å². The van der Waals surface area contributed by atoms with Gasteiger partial charge in [0.1, 0.15) is 0 Å². The standard InChI is InChI=1S/C13H18ClNO/c1-3-5-6-7-12(15-9-4-2)11-8-10-16-13(11)14/h8,10,12,15H,4,6-7,9H2,1-2H3. The van der Waals surface area contributed by atoms with Gasteiger partial charge in [-0.25, -0.2) is 0 Å². The minimum Gasteiger partial charge on any atom is -0.453 e. The third-order valence-corrected chi connectivity index (χ3v) is 2.70. The van der Waals surface area contributed by atoms with Crippen LogP contribution in [0.1, 0.15) is 44.7 Å². The molecule has 0 aliphatic heterocycles. The molecule has 1 atom stereocenters. The summed E-state index contributed by atoms with van der Waals surface area (Å²) in [5.74, 6) is 5.98. The summed E-state index contributed by atoms with van der Waals surface area (Å²) in [6, 6.07) is 2.17. The van der Waals surface area contributed by atoms with E-state index in [-0.39, 0.29) is 6.04 Å². The van der Waals surface area contributed by atoms with Crippen molar-refractivity contribution >= 4 is 11.6 Å². The van der Waals surface area contributed by atoms with Crippen molar-refractivity contribution < 1.29 is 4.42 Å². The summed E-state index contributed by atoms with van der Waals surface area (Å²) in [6.45, 7) is 4.98. The van der Waals surface area contributed by atoms with Crippen LogP contribution in [0.5, 0.6) is 0 Å².